The number of allylic oxidation sites excluding steroid dienone is 1. The van der Waals surface area contributed by atoms with Gasteiger partial charge in [0, 0.05) is 47.5 Å². The Morgan fingerprint density at radius 2 is 1.88 bits per heavy atom. The lowest BCUT2D eigenvalue weighted by Gasteiger charge is -2.50. The highest BCUT2D eigenvalue weighted by Gasteiger charge is 2.53. The predicted octanol–water partition coefficient (Wildman–Crippen LogP) is -0.300. The molecule has 2 fully saturated rings. The number of thioether (sulfide) groups is 1. The van der Waals surface area contributed by atoms with E-state index in [4.69, 9.17) is 10.8 Å². The first kappa shape index (κ1) is 32.4. The molecule has 5 N–H and O–H groups in total. The number of benzene rings is 1. The minimum atomic E-state index is -1.58. The number of carboxylic acid groups (broad SMARTS) is 2. The van der Waals surface area contributed by atoms with Gasteiger partial charge in [-0.3, -0.25) is 19.3 Å². The van der Waals surface area contributed by atoms with Gasteiger partial charge in [0.15, 0.2) is 29.8 Å². The average Bonchev–Trinajstić information content (AvgIpc) is 3.65. The number of nitrogens with two attached hydrogens (primary N) is 1. The molecule has 2 aromatic heterocycles. The number of hydrogen-bond donors (Lipinski definition) is 4. The lowest BCUT2D eigenvalue weighted by molar-refractivity contribution is -0.688. The largest absolute Gasteiger partial charge is 0.543 e. The molecule has 246 valence electrons. The van der Waals surface area contributed by atoms with Crippen molar-refractivity contribution in [3.05, 3.63) is 99.5 Å². The molecule has 17 heteroatoms. The molecule has 6 rings (SSSR count). The number of hydrogen-bond acceptors (Lipinski definition) is 12. The van der Waals surface area contributed by atoms with E-state index >= 15 is 0 Å². The fraction of sp³-hybridized carbons (Fsp3) is 0.226. The summed E-state index contributed by atoms with van der Waals surface area (Å²) in [6.45, 7) is 1.30. The number of pyridine rings is 1. The number of oxime groups is 1. The van der Waals surface area contributed by atoms with E-state index in [2.05, 4.69) is 15.5 Å². The van der Waals surface area contributed by atoms with E-state index < -0.39 is 40.9 Å². The highest BCUT2D eigenvalue weighted by atomic mass is 32.2. The summed E-state index contributed by atoms with van der Waals surface area (Å²) in [6.07, 6.45) is 5.63. The summed E-state index contributed by atoms with van der Waals surface area (Å²) in [5, 5.41) is 36.9. The lowest BCUT2D eigenvalue weighted by atomic mass is 10.0. The van der Waals surface area contributed by atoms with Gasteiger partial charge in [0.25, 0.3) is 11.8 Å². The van der Waals surface area contributed by atoms with Gasteiger partial charge in [0.2, 0.25) is 5.91 Å². The summed E-state index contributed by atoms with van der Waals surface area (Å²) < 4.78 is 1.93. The first-order valence-electron chi connectivity index (χ1n) is 14.5. The van der Waals surface area contributed by atoms with Crippen LogP contribution in [0.5, 0.6) is 0 Å². The maximum absolute atomic E-state index is 13.3. The molecule has 0 saturated carbocycles. The first-order chi connectivity index (χ1) is 23.0. The molecule has 0 radical (unpaired) electrons. The van der Waals surface area contributed by atoms with Crippen LogP contribution in [0.15, 0.2) is 82.2 Å². The Morgan fingerprint density at radius 1 is 1.15 bits per heavy atom. The normalized spacial score (nSPS) is 20.2. The van der Waals surface area contributed by atoms with Gasteiger partial charge in [0.1, 0.15) is 17.1 Å². The minimum Gasteiger partial charge on any atom is -0.543 e. The van der Waals surface area contributed by atoms with Crippen LogP contribution in [-0.2, 0) is 32.3 Å². The second-order valence-corrected chi connectivity index (χ2v) is 13.1. The smallest absolute Gasteiger partial charge is 0.335 e. The summed E-state index contributed by atoms with van der Waals surface area (Å²) in [5.74, 6) is -4.25. The number of nitrogens with one attached hydrogen (secondary N) is 1. The Morgan fingerprint density at radius 3 is 2.50 bits per heavy atom. The zero-order valence-electron chi connectivity index (χ0n) is 24.9. The fourth-order valence-electron chi connectivity index (χ4n) is 5.61. The molecule has 3 aliphatic rings. The summed E-state index contributed by atoms with van der Waals surface area (Å²) in [7, 11) is 0. The summed E-state index contributed by atoms with van der Waals surface area (Å²) >= 11 is 2.25. The second-order valence-electron chi connectivity index (χ2n) is 11.1. The number of thiazole rings is 1. The van der Waals surface area contributed by atoms with Gasteiger partial charge in [-0.15, -0.1) is 23.1 Å². The predicted molar refractivity (Wildman–Crippen MR) is 169 cm³/mol. The van der Waals surface area contributed by atoms with E-state index in [1.165, 1.54) is 23.2 Å². The summed E-state index contributed by atoms with van der Waals surface area (Å²) in [4.78, 5) is 69.1. The van der Waals surface area contributed by atoms with E-state index in [-0.39, 0.29) is 39.3 Å². The number of β-lactam (4-membered cyclic amide) rings is 1. The van der Waals surface area contributed by atoms with Crippen molar-refractivity contribution >= 4 is 63.6 Å². The Labute approximate surface area is 280 Å². The van der Waals surface area contributed by atoms with Crippen molar-refractivity contribution in [2.45, 2.75) is 30.9 Å². The topological polar surface area (TPSA) is 223 Å². The summed E-state index contributed by atoms with van der Waals surface area (Å²) in [6, 6.07) is 9.31. The molecule has 2 saturated heterocycles. The summed E-state index contributed by atoms with van der Waals surface area (Å²) in [5.41, 5.74) is 7.51. The van der Waals surface area contributed by atoms with Crippen molar-refractivity contribution in [3.8, 4) is 0 Å². The van der Waals surface area contributed by atoms with Crippen LogP contribution < -0.4 is 20.7 Å². The van der Waals surface area contributed by atoms with Crippen LogP contribution in [-0.4, -0.2) is 84.2 Å². The minimum absolute atomic E-state index is 0.0230. The third kappa shape index (κ3) is 6.37. The van der Waals surface area contributed by atoms with Crippen molar-refractivity contribution in [3.63, 3.8) is 0 Å². The third-order valence-corrected chi connectivity index (χ3v) is 9.99. The molecule has 3 aliphatic heterocycles. The van der Waals surface area contributed by atoms with Crippen LogP contribution in [0, 0.1) is 0 Å². The van der Waals surface area contributed by atoms with Gasteiger partial charge >= 0.3 is 5.97 Å². The van der Waals surface area contributed by atoms with Crippen LogP contribution in [0.3, 0.4) is 0 Å². The Balaban J connectivity index is 1.10. The number of aromatic nitrogens is 2. The van der Waals surface area contributed by atoms with Gasteiger partial charge in [-0.1, -0.05) is 17.3 Å². The molecular formula is C31H27N7O8S2. The van der Waals surface area contributed by atoms with E-state index in [9.17, 15) is 34.3 Å². The van der Waals surface area contributed by atoms with Gasteiger partial charge < -0.3 is 36.2 Å². The fourth-order valence-corrected chi connectivity index (χ4v) is 7.46. The number of carbonyl (C=O) groups excluding carboxylic acids is 4. The van der Waals surface area contributed by atoms with Gasteiger partial charge in [-0.05, 0) is 35.8 Å². The number of aromatic carboxylic acids is 1. The quantitative estimate of drug-likeness (QED) is 0.0540. The van der Waals surface area contributed by atoms with Crippen molar-refractivity contribution in [2.75, 3.05) is 18.0 Å². The zero-order chi connectivity index (χ0) is 34.1. The molecule has 48 heavy (non-hydrogen) atoms. The lowest BCUT2D eigenvalue weighted by Crippen LogP contribution is -2.71. The van der Waals surface area contributed by atoms with E-state index in [0.29, 0.717) is 31.6 Å². The molecule has 1 aromatic carbocycles. The number of anilines is 1. The number of rotatable bonds is 10. The van der Waals surface area contributed by atoms with Crippen molar-refractivity contribution in [1.29, 1.82) is 0 Å². The van der Waals surface area contributed by atoms with Gasteiger partial charge in [-0.2, -0.15) is 0 Å². The molecule has 3 aromatic rings. The van der Waals surface area contributed by atoms with Gasteiger partial charge in [-0.25, -0.2) is 14.3 Å². The molecule has 3 amide bonds. The standard InChI is InChI=1S/C31H27N7O8S2/c32-31-33-21(15-48-31)22(35-46)25(39)34-23-27(41)38-24(30(44)45)20(14-47-28(23)38)11-19-7-10-37(26(19)40)13-17-5-8-36(9-6-17)12-16-1-3-18(4-2-16)29(42)43/h1-6,8-9,11,15,23,28H,7,10,12-14H2,(H5-,32,33,34,39,42,43,44,45,46)/b19-11+/t23-,28-/m1/s1. The third-order valence-electron chi connectivity index (χ3n) is 8.02. The monoisotopic (exact) mass is 689 g/mol. The highest BCUT2D eigenvalue weighted by Crippen LogP contribution is 2.41. The molecule has 0 spiro atoms. The highest BCUT2D eigenvalue weighted by molar-refractivity contribution is 8.00. The van der Waals surface area contributed by atoms with Crippen LogP contribution in [0.4, 0.5) is 5.13 Å². The Bertz CT molecular complexity index is 1920. The maximum Gasteiger partial charge on any atom is 0.335 e. The average molecular weight is 690 g/mol. The number of aliphatic carboxylic acids is 1. The Kier molecular flexibility index (Phi) is 8.97. The van der Waals surface area contributed by atoms with E-state index in [0.717, 1.165) is 27.4 Å². The number of nitrogen functional groups attached to an aromatic ring is 1. The second kappa shape index (κ2) is 13.3. The van der Waals surface area contributed by atoms with Crippen molar-refractivity contribution in [2.24, 2.45) is 5.16 Å². The number of fused-ring (bicyclic) bond motifs is 1. The maximum atomic E-state index is 13.3. The molecule has 0 bridgehead atoms. The number of nitrogens with zero attached hydrogens (tertiary/aromatic N) is 5. The van der Waals surface area contributed by atoms with E-state index in [1.54, 1.807) is 29.2 Å². The molecule has 5 heterocycles. The van der Waals surface area contributed by atoms with Crippen LogP contribution in [0.1, 0.15) is 33.6 Å². The SMILES string of the molecule is Nc1nc(/C(=N/O)C(=O)N[C@@H]2C(=O)N3C(C(=O)[O-])=C(/C=C4\CCN(Cc5cc[n+](Cc6ccc(C(=O)O)cc6)cc5)C4=O)CS[C@H]23)cs1. The van der Waals surface area contributed by atoms with Crippen molar-refractivity contribution < 1.29 is 44.0 Å². The Hall–Kier alpha value is -5.55. The molecule has 2 atom stereocenters. The van der Waals surface area contributed by atoms with E-state index in [1.807, 2.05) is 29.1 Å². The van der Waals surface area contributed by atoms with Crippen molar-refractivity contribution in [1.82, 2.24) is 20.1 Å². The molecule has 15 nitrogen and oxygen atoms in total. The number of carboxylic acids is 2. The molecule has 0 aliphatic carbocycles. The number of likely N-dealkylation sites (tertiary alicyclic amines) is 1. The number of carbonyl (C=O) groups is 5. The van der Waals surface area contributed by atoms with Crippen LogP contribution in [0.25, 0.3) is 0 Å². The van der Waals surface area contributed by atoms with Gasteiger partial charge in [0.05, 0.1) is 17.2 Å². The van der Waals surface area contributed by atoms with Crippen LogP contribution >= 0.6 is 23.1 Å². The molecule has 0 unspecified atom stereocenters. The van der Waals surface area contributed by atoms with Crippen LogP contribution in [0.2, 0.25) is 0 Å². The first-order valence-corrected chi connectivity index (χ1v) is 16.4. The zero-order valence-corrected chi connectivity index (χ0v) is 26.6. The number of amides is 3. The molecular weight excluding hydrogens is 663 g/mol.